The van der Waals surface area contributed by atoms with Gasteiger partial charge >= 0.3 is 0 Å². The number of hydrogen-bond donors (Lipinski definition) is 3. The molecule has 0 radical (unpaired) electrons. The van der Waals surface area contributed by atoms with Crippen molar-refractivity contribution in [2.45, 2.75) is 11.7 Å². The van der Waals surface area contributed by atoms with Gasteiger partial charge in [0.15, 0.2) is 0 Å². The van der Waals surface area contributed by atoms with Crippen LogP contribution in [0.5, 0.6) is 0 Å². The molecule has 1 amide bonds. The summed E-state index contributed by atoms with van der Waals surface area (Å²) in [5, 5.41) is 14.2. The first-order valence-corrected chi connectivity index (χ1v) is 6.55. The molecule has 1 rings (SSSR count). The molecule has 0 aliphatic heterocycles. The van der Waals surface area contributed by atoms with Gasteiger partial charge < -0.3 is 16.3 Å². The molecule has 98 valence electrons. The molecule has 5 nitrogen and oxygen atoms in total. The van der Waals surface area contributed by atoms with Crippen LogP contribution in [0, 0.1) is 0 Å². The summed E-state index contributed by atoms with van der Waals surface area (Å²) in [6.45, 7) is 0. The largest absolute Gasteiger partial charge is 0.409 e. The van der Waals surface area contributed by atoms with Gasteiger partial charge in [0, 0.05) is 18.7 Å². The van der Waals surface area contributed by atoms with Crippen molar-refractivity contribution in [1.82, 2.24) is 5.32 Å². The van der Waals surface area contributed by atoms with Gasteiger partial charge in [-0.3, -0.25) is 4.79 Å². The summed E-state index contributed by atoms with van der Waals surface area (Å²) in [6.07, 6.45) is 0.405. The van der Waals surface area contributed by atoms with E-state index in [2.05, 4.69) is 10.5 Å². The van der Waals surface area contributed by atoms with Crippen molar-refractivity contribution in [2.75, 3.05) is 12.8 Å². The highest BCUT2D eigenvalue weighted by molar-refractivity contribution is 8.00. The average Bonchev–Trinajstić information content (AvgIpc) is 2.43. The van der Waals surface area contributed by atoms with E-state index in [1.165, 1.54) is 11.8 Å². The SMILES string of the molecule is CNC(=O)CSC(C/C(N)=N/O)c1ccccc1. The van der Waals surface area contributed by atoms with Crippen LogP contribution in [-0.4, -0.2) is 29.8 Å². The monoisotopic (exact) mass is 267 g/mol. The van der Waals surface area contributed by atoms with Gasteiger partial charge in [-0.05, 0) is 5.56 Å². The highest BCUT2D eigenvalue weighted by atomic mass is 32.2. The highest BCUT2D eigenvalue weighted by Gasteiger charge is 2.15. The van der Waals surface area contributed by atoms with E-state index in [-0.39, 0.29) is 17.0 Å². The lowest BCUT2D eigenvalue weighted by atomic mass is 10.1. The van der Waals surface area contributed by atoms with Gasteiger partial charge in [-0.2, -0.15) is 0 Å². The molecule has 4 N–H and O–H groups in total. The Labute approximate surface area is 110 Å². The molecule has 18 heavy (non-hydrogen) atoms. The van der Waals surface area contributed by atoms with Gasteiger partial charge in [0.05, 0.1) is 5.75 Å². The zero-order valence-electron chi connectivity index (χ0n) is 10.2. The Balaban J connectivity index is 2.72. The lowest BCUT2D eigenvalue weighted by molar-refractivity contribution is -0.118. The van der Waals surface area contributed by atoms with E-state index in [9.17, 15) is 4.79 Å². The van der Waals surface area contributed by atoms with Gasteiger partial charge in [0.1, 0.15) is 5.84 Å². The third-order valence-corrected chi connectivity index (χ3v) is 3.66. The van der Waals surface area contributed by atoms with Gasteiger partial charge in [-0.1, -0.05) is 35.5 Å². The number of carbonyl (C=O) groups excluding carboxylic acids is 1. The number of nitrogens with two attached hydrogens (primary N) is 1. The minimum atomic E-state index is -0.0413. The van der Waals surface area contributed by atoms with Crippen LogP contribution in [0.3, 0.4) is 0 Å². The van der Waals surface area contributed by atoms with Crippen LogP contribution in [-0.2, 0) is 4.79 Å². The first-order chi connectivity index (χ1) is 8.67. The molecule has 0 aliphatic rings. The number of nitrogens with zero attached hydrogens (tertiary/aromatic N) is 1. The maximum atomic E-state index is 11.3. The molecular weight excluding hydrogens is 250 g/mol. The summed E-state index contributed by atoms with van der Waals surface area (Å²) >= 11 is 1.47. The number of rotatable bonds is 6. The van der Waals surface area contributed by atoms with Crippen LogP contribution in [0.15, 0.2) is 35.5 Å². The minimum absolute atomic E-state index is 0.000556. The van der Waals surface area contributed by atoms with Crippen LogP contribution in [0.25, 0.3) is 0 Å². The van der Waals surface area contributed by atoms with Crippen LogP contribution < -0.4 is 11.1 Å². The fraction of sp³-hybridized carbons (Fsp3) is 0.333. The first-order valence-electron chi connectivity index (χ1n) is 5.51. The van der Waals surface area contributed by atoms with E-state index < -0.39 is 0 Å². The summed E-state index contributed by atoms with van der Waals surface area (Å²) in [6, 6.07) is 9.70. The highest BCUT2D eigenvalue weighted by Crippen LogP contribution is 2.31. The molecule has 0 bridgehead atoms. The number of amides is 1. The predicted octanol–water partition coefficient (Wildman–Crippen LogP) is 1.34. The Morgan fingerprint density at radius 2 is 2.17 bits per heavy atom. The van der Waals surface area contributed by atoms with Gasteiger partial charge in [0.25, 0.3) is 0 Å². The molecule has 1 aromatic carbocycles. The predicted molar refractivity (Wildman–Crippen MR) is 73.7 cm³/mol. The Kier molecular flexibility index (Phi) is 6.07. The summed E-state index contributed by atoms with van der Waals surface area (Å²) in [5.74, 6) is 0.461. The quantitative estimate of drug-likeness (QED) is 0.314. The van der Waals surface area contributed by atoms with E-state index in [1.54, 1.807) is 7.05 Å². The zero-order valence-corrected chi connectivity index (χ0v) is 11.0. The van der Waals surface area contributed by atoms with E-state index >= 15 is 0 Å². The van der Waals surface area contributed by atoms with Crippen LogP contribution in [0.1, 0.15) is 17.2 Å². The second-order valence-corrected chi connectivity index (χ2v) is 4.87. The third-order valence-electron chi connectivity index (χ3n) is 2.39. The van der Waals surface area contributed by atoms with E-state index in [1.807, 2.05) is 30.3 Å². The minimum Gasteiger partial charge on any atom is -0.409 e. The summed E-state index contributed by atoms with van der Waals surface area (Å²) in [5.41, 5.74) is 6.59. The second kappa shape index (κ2) is 7.60. The number of hydrogen-bond acceptors (Lipinski definition) is 4. The van der Waals surface area contributed by atoms with Crippen LogP contribution in [0.4, 0.5) is 0 Å². The number of nitrogens with one attached hydrogen (secondary N) is 1. The molecule has 6 heteroatoms. The van der Waals surface area contributed by atoms with Crippen LogP contribution in [0.2, 0.25) is 0 Å². The molecule has 0 heterocycles. The molecule has 0 aliphatic carbocycles. The fourth-order valence-corrected chi connectivity index (χ4v) is 2.56. The fourth-order valence-electron chi connectivity index (χ4n) is 1.42. The van der Waals surface area contributed by atoms with Crippen molar-refractivity contribution in [3.05, 3.63) is 35.9 Å². The lowest BCUT2D eigenvalue weighted by Gasteiger charge is -2.15. The standard InChI is InChI=1S/C12H17N3O2S/c1-14-12(16)8-18-10(7-11(13)15-17)9-5-3-2-4-6-9/h2-6,10,17H,7-8H2,1H3,(H2,13,15)(H,14,16). The second-order valence-electron chi connectivity index (χ2n) is 3.68. The number of amidine groups is 1. The molecule has 0 spiro atoms. The summed E-state index contributed by atoms with van der Waals surface area (Å²) < 4.78 is 0. The van der Waals surface area contributed by atoms with E-state index in [0.717, 1.165) is 5.56 Å². The van der Waals surface area contributed by atoms with Crippen molar-refractivity contribution in [2.24, 2.45) is 10.9 Å². The Morgan fingerprint density at radius 3 is 2.72 bits per heavy atom. The third kappa shape index (κ3) is 4.67. The lowest BCUT2D eigenvalue weighted by Crippen LogP contribution is -2.21. The van der Waals surface area contributed by atoms with Gasteiger partial charge in [0.2, 0.25) is 5.91 Å². The number of benzene rings is 1. The normalized spacial score (nSPS) is 13.1. The molecule has 0 aromatic heterocycles. The molecule has 1 atom stereocenters. The van der Waals surface area contributed by atoms with Crippen molar-refractivity contribution >= 4 is 23.5 Å². The van der Waals surface area contributed by atoms with Crippen molar-refractivity contribution < 1.29 is 10.0 Å². The number of thioether (sulfide) groups is 1. The van der Waals surface area contributed by atoms with Crippen LogP contribution >= 0.6 is 11.8 Å². The maximum Gasteiger partial charge on any atom is 0.229 e. The van der Waals surface area contributed by atoms with Gasteiger partial charge in [-0.15, -0.1) is 11.8 Å². The Bertz CT molecular complexity index is 409. The smallest absolute Gasteiger partial charge is 0.229 e. The Hall–Kier alpha value is -1.69. The Morgan fingerprint density at radius 1 is 1.50 bits per heavy atom. The van der Waals surface area contributed by atoms with E-state index in [4.69, 9.17) is 10.9 Å². The van der Waals surface area contributed by atoms with Gasteiger partial charge in [-0.25, -0.2) is 0 Å². The molecular formula is C12H17N3O2S. The maximum absolute atomic E-state index is 11.3. The number of carbonyl (C=O) groups is 1. The van der Waals surface area contributed by atoms with Crippen molar-refractivity contribution in [3.8, 4) is 0 Å². The first kappa shape index (κ1) is 14.4. The topological polar surface area (TPSA) is 87.7 Å². The molecule has 1 aromatic rings. The molecule has 0 saturated heterocycles. The van der Waals surface area contributed by atoms with Crippen molar-refractivity contribution in [3.63, 3.8) is 0 Å². The average molecular weight is 267 g/mol. The van der Waals surface area contributed by atoms with Crippen molar-refractivity contribution in [1.29, 1.82) is 0 Å². The summed E-state index contributed by atoms with van der Waals surface area (Å²) in [7, 11) is 1.60. The number of oxime groups is 1. The molecule has 1 unspecified atom stereocenters. The van der Waals surface area contributed by atoms with E-state index in [0.29, 0.717) is 12.2 Å². The molecule has 0 saturated carbocycles. The summed E-state index contributed by atoms with van der Waals surface area (Å²) in [4.78, 5) is 11.3. The molecule has 0 fully saturated rings. The zero-order chi connectivity index (χ0) is 13.4.